The molecule has 23 heavy (non-hydrogen) atoms. The summed E-state index contributed by atoms with van der Waals surface area (Å²) in [6.45, 7) is 8.73. The lowest BCUT2D eigenvalue weighted by Crippen LogP contribution is -1.90. The molecular formula is C22H22S. The molecule has 3 rings (SSSR count). The third-order valence-electron chi connectivity index (χ3n) is 4.04. The summed E-state index contributed by atoms with van der Waals surface area (Å²) >= 11 is 1.88. The van der Waals surface area contributed by atoms with Gasteiger partial charge in [0.05, 0.1) is 0 Å². The van der Waals surface area contributed by atoms with Gasteiger partial charge < -0.3 is 0 Å². The Morgan fingerprint density at radius 1 is 0.652 bits per heavy atom. The summed E-state index contributed by atoms with van der Waals surface area (Å²) < 4.78 is 0. The topological polar surface area (TPSA) is 0 Å². The van der Waals surface area contributed by atoms with E-state index in [1.807, 2.05) is 11.8 Å². The minimum Gasteiger partial charge on any atom is -0.0889 e. The molecule has 0 aromatic heterocycles. The van der Waals surface area contributed by atoms with E-state index in [0.29, 0.717) is 0 Å². The van der Waals surface area contributed by atoms with Gasteiger partial charge in [-0.15, -0.1) is 0 Å². The van der Waals surface area contributed by atoms with Gasteiger partial charge >= 0.3 is 0 Å². The zero-order chi connectivity index (χ0) is 16.4. The summed E-state index contributed by atoms with van der Waals surface area (Å²) in [4.78, 5) is 2.69. The van der Waals surface area contributed by atoms with Crippen LogP contribution in [0.3, 0.4) is 0 Å². The van der Waals surface area contributed by atoms with E-state index in [1.54, 1.807) is 0 Å². The van der Waals surface area contributed by atoms with E-state index in [1.165, 1.54) is 43.2 Å². The Kier molecular flexibility index (Phi) is 4.58. The van der Waals surface area contributed by atoms with Crippen LogP contribution in [-0.4, -0.2) is 0 Å². The van der Waals surface area contributed by atoms with Crippen molar-refractivity contribution in [2.75, 3.05) is 0 Å². The molecule has 0 unspecified atom stereocenters. The highest BCUT2D eigenvalue weighted by Gasteiger charge is 2.11. The largest absolute Gasteiger partial charge is 0.0889 e. The summed E-state index contributed by atoms with van der Waals surface area (Å²) in [7, 11) is 0. The van der Waals surface area contributed by atoms with Crippen molar-refractivity contribution in [1.82, 2.24) is 0 Å². The number of hydrogen-bond acceptors (Lipinski definition) is 1. The zero-order valence-corrected chi connectivity index (χ0v) is 15.0. The molecule has 0 aliphatic heterocycles. The minimum atomic E-state index is 1.28. The van der Waals surface area contributed by atoms with Crippen LogP contribution in [-0.2, 0) is 0 Å². The van der Waals surface area contributed by atoms with E-state index < -0.39 is 0 Å². The Morgan fingerprint density at radius 2 is 1.30 bits per heavy atom. The van der Waals surface area contributed by atoms with Gasteiger partial charge in [-0.05, 0) is 56.0 Å². The van der Waals surface area contributed by atoms with Gasteiger partial charge in [0.2, 0.25) is 0 Å². The fraction of sp³-hybridized carbons (Fsp3) is 0.182. The summed E-state index contributed by atoms with van der Waals surface area (Å²) in [6, 6.07) is 21.9. The molecule has 0 saturated carbocycles. The van der Waals surface area contributed by atoms with Gasteiger partial charge in [0.15, 0.2) is 0 Å². The van der Waals surface area contributed by atoms with E-state index in [9.17, 15) is 0 Å². The van der Waals surface area contributed by atoms with Crippen molar-refractivity contribution in [1.29, 1.82) is 0 Å². The van der Waals surface area contributed by atoms with Crippen molar-refractivity contribution in [2.24, 2.45) is 0 Å². The normalized spacial score (nSPS) is 10.8. The fourth-order valence-corrected chi connectivity index (χ4v) is 4.10. The van der Waals surface area contributed by atoms with Crippen molar-refractivity contribution in [2.45, 2.75) is 37.5 Å². The van der Waals surface area contributed by atoms with Gasteiger partial charge in [0, 0.05) is 9.79 Å². The molecule has 0 nitrogen and oxygen atoms in total. The van der Waals surface area contributed by atoms with Crippen LogP contribution in [0.25, 0.3) is 11.1 Å². The Hall–Kier alpha value is -1.99. The van der Waals surface area contributed by atoms with Crippen molar-refractivity contribution in [3.8, 4) is 11.1 Å². The third-order valence-corrected chi connectivity index (χ3v) is 5.46. The second kappa shape index (κ2) is 6.64. The van der Waals surface area contributed by atoms with Crippen LogP contribution in [0.4, 0.5) is 0 Å². The summed E-state index contributed by atoms with van der Waals surface area (Å²) in [5.41, 5.74) is 7.93. The molecule has 0 aliphatic rings. The molecule has 116 valence electrons. The quantitative estimate of drug-likeness (QED) is 0.515. The molecule has 0 spiro atoms. The van der Waals surface area contributed by atoms with Gasteiger partial charge in [-0.2, -0.15) is 0 Å². The molecule has 0 amide bonds. The molecule has 0 fully saturated rings. The Bertz CT molecular complexity index is 809. The first-order valence-electron chi connectivity index (χ1n) is 7.96. The van der Waals surface area contributed by atoms with Crippen LogP contribution in [0.2, 0.25) is 0 Å². The van der Waals surface area contributed by atoms with Crippen LogP contribution in [0.15, 0.2) is 70.5 Å². The average Bonchev–Trinajstić information content (AvgIpc) is 2.53. The van der Waals surface area contributed by atoms with Crippen LogP contribution in [0.1, 0.15) is 22.3 Å². The zero-order valence-electron chi connectivity index (χ0n) is 14.2. The summed E-state index contributed by atoms with van der Waals surface area (Å²) in [5.74, 6) is 0. The highest BCUT2D eigenvalue weighted by molar-refractivity contribution is 7.99. The first-order valence-corrected chi connectivity index (χ1v) is 8.78. The van der Waals surface area contributed by atoms with Crippen molar-refractivity contribution in [3.05, 3.63) is 82.9 Å². The second-order valence-electron chi connectivity index (χ2n) is 6.20. The lowest BCUT2D eigenvalue weighted by Gasteiger charge is -2.15. The maximum atomic E-state index is 2.29. The third kappa shape index (κ3) is 3.51. The molecule has 3 aromatic carbocycles. The van der Waals surface area contributed by atoms with Crippen molar-refractivity contribution in [3.63, 3.8) is 0 Å². The van der Waals surface area contributed by atoms with E-state index in [0.717, 1.165) is 0 Å². The Balaban J connectivity index is 2.08. The van der Waals surface area contributed by atoms with Crippen LogP contribution < -0.4 is 0 Å². The van der Waals surface area contributed by atoms with Gasteiger partial charge in [-0.3, -0.25) is 0 Å². The lowest BCUT2D eigenvalue weighted by molar-refractivity contribution is 1.18. The van der Waals surface area contributed by atoms with E-state index in [4.69, 9.17) is 0 Å². The van der Waals surface area contributed by atoms with Crippen LogP contribution >= 0.6 is 11.8 Å². The standard InChI is InChI=1S/C22H22S/c1-15-10-11-21(20(14-15)19-8-6-5-7-9-19)23-22-17(3)12-16(2)13-18(22)4/h5-14H,1-4H3. The van der Waals surface area contributed by atoms with Gasteiger partial charge in [-0.25, -0.2) is 0 Å². The van der Waals surface area contributed by atoms with Gasteiger partial charge in [0.25, 0.3) is 0 Å². The molecule has 0 radical (unpaired) electrons. The number of benzene rings is 3. The first-order chi connectivity index (χ1) is 11.0. The molecule has 0 aliphatic carbocycles. The minimum absolute atomic E-state index is 1.28. The smallest absolute Gasteiger partial charge is 0.0201 e. The molecule has 0 atom stereocenters. The highest BCUT2D eigenvalue weighted by atomic mass is 32.2. The van der Waals surface area contributed by atoms with Gasteiger partial charge in [-0.1, -0.05) is 77.5 Å². The second-order valence-corrected chi connectivity index (χ2v) is 7.25. The molecule has 0 saturated heterocycles. The van der Waals surface area contributed by atoms with Crippen molar-refractivity contribution >= 4 is 11.8 Å². The summed E-state index contributed by atoms with van der Waals surface area (Å²) in [5, 5.41) is 0. The Morgan fingerprint density at radius 3 is 1.96 bits per heavy atom. The Labute approximate surface area is 143 Å². The maximum Gasteiger partial charge on any atom is 0.0201 e. The monoisotopic (exact) mass is 318 g/mol. The van der Waals surface area contributed by atoms with E-state index >= 15 is 0 Å². The maximum absolute atomic E-state index is 2.29. The van der Waals surface area contributed by atoms with Crippen LogP contribution in [0, 0.1) is 27.7 Å². The van der Waals surface area contributed by atoms with Crippen LogP contribution in [0.5, 0.6) is 0 Å². The fourth-order valence-electron chi connectivity index (χ4n) is 3.01. The number of rotatable bonds is 3. The molecule has 0 heterocycles. The molecular weight excluding hydrogens is 296 g/mol. The first kappa shape index (κ1) is 15.9. The van der Waals surface area contributed by atoms with E-state index in [2.05, 4.69) is 88.4 Å². The molecule has 1 heteroatoms. The average molecular weight is 318 g/mol. The van der Waals surface area contributed by atoms with Crippen molar-refractivity contribution < 1.29 is 0 Å². The molecule has 3 aromatic rings. The predicted molar refractivity (Wildman–Crippen MR) is 101 cm³/mol. The van der Waals surface area contributed by atoms with Gasteiger partial charge in [0.1, 0.15) is 0 Å². The summed E-state index contributed by atoms with van der Waals surface area (Å²) in [6.07, 6.45) is 0. The molecule has 0 N–H and O–H groups in total. The molecule has 0 bridgehead atoms. The SMILES string of the molecule is Cc1cc(C)c(Sc2ccc(C)cc2-c2ccccc2)c(C)c1. The highest BCUT2D eigenvalue weighted by Crippen LogP contribution is 2.39. The lowest BCUT2D eigenvalue weighted by atomic mass is 10.0. The van der Waals surface area contributed by atoms with E-state index in [-0.39, 0.29) is 0 Å². The predicted octanol–water partition coefficient (Wildman–Crippen LogP) is 6.74. The number of aryl methyl sites for hydroxylation is 4. The number of hydrogen-bond donors (Lipinski definition) is 0.